The molecule has 0 radical (unpaired) electrons. The molecule has 1 fully saturated rings. The van der Waals surface area contributed by atoms with Gasteiger partial charge in [-0.3, -0.25) is 4.90 Å². The van der Waals surface area contributed by atoms with Gasteiger partial charge in [-0.25, -0.2) is 0 Å². The third-order valence-electron chi connectivity index (χ3n) is 4.40. The summed E-state index contributed by atoms with van der Waals surface area (Å²) in [5.41, 5.74) is 8.59. The van der Waals surface area contributed by atoms with Crippen molar-refractivity contribution in [1.29, 1.82) is 0 Å². The molecule has 0 spiro atoms. The molecule has 22 heavy (non-hydrogen) atoms. The van der Waals surface area contributed by atoms with Crippen molar-refractivity contribution in [1.82, 2.24) is 4.90 Å². The molecule has 4 heteroatoms. The Bertz CT molecular complexity index is 589. The standard InChI is InChI=1S/C18H21ClN2.ClH/c19-18-9-5-4-8-15(18)11-21-12-16(10-20)17(13-21)14-6-2-1-3-7-14;/h1-9,16-17H,10-13,20H2;1H/t16-,17+;/m1./s1. The molecule has 0 aliphatic carbocycles. The maximum atomic E-state index is 6.27. The van der Waals surface area contributed by atoms with Crippen LogP contribution in [-0.4, -0.2) is 24.5 Å². The summed E-state index contributed by atoms with van der Waals surface area (Å²) >= 11 is 6.27. The van der Waals surface area contributed by atoms with E-state index in [1.807, 2.05) is 18.2 Å². The van der Waals surface area contributed by atoms with Gasteiger partial charge in [0.25, 0.3) is 0 Å². The first kappa shape index (κ1) is 17.3. The molecule has 0 aromatic heterocycles. The van der Waals surface area contributed by atoms with Gasteiger partial charge in [-0.1, -0.05) is 60.1 Å². The summed E-state index contributed by atoms with van der Waals surface area (Å²) in [5, 5.41) is 0.852. The molecular formula is C18H22Cl2N2. The van der Waals surface area contributed by atoms with E-state index in [1.54, 1.807) is 0 Å². The molecule has 1 aliphatic rings. The fraction of sp³-hybridized carbons (Fsp3) is 0.333. The highest BCUT2D eigenvalue weighted by molar-refractivity contribution is 6.31. The Morgan fingerprint density at radius 2 is 1.68 bits per heavy atom. The SMILES string of the molecule is Cl.NC[C@@H]1CN(Cc2ccccc2Cl)C[C@H]1c1ccccc1. The lowest BCUT2D eigenvalue weighted by Crippen LogP contribution is -2.23. The fourth-order valence-corrected chi connectivity index (χ4v) is 3.47. The Kier molecular flexibility index (Phi) is 6.27. The second kappa shape index (κ2) is 7.98. The number of halogens is 2. The summed E-state index contributed by atoms with van der Waals surface area (Å²) < 4.78 is 0. The van der Waals surface area contributed by atoms with Crippen LogP contribution in [-0.2, 0) is 6.54 Å². The lowest BCUT2D eigenvalue weighted by atomic mass is 9.89. The summed E-state index contributed by atoms with van der Waals surface area (Å²) in [4.78, 5) is 2.47. The minimum atomic E-state index is 0. The molecule has 3 rings (SSSR count). The molecule has 0 amide bonds. The molecule has 1 saturated heterocycles. The molecule has 0 bridgehead atoms. The van der Waals surface area contributed by atoms with Crippen molar-refractivity contribution in [2.24, 2.45) is 11.7 Å². The van der Waals surface area contributed by atoms with E-state index in [2.05, 4.69) is 41.3 Å². The molecule has 0 unspecified atom stereocenters. The third kappa shape index (κ3) is 3.82. The van der Waals surface area contributed by atoms with Crippen molar-refractivity contribution in [3.63, 3.8) is 0 Å². The Labute approximate surface area is 143 Å². The van der Waals surface area contributed by atoms with Gasteiger partial charge >= 0.3 is 0 Å². The zero-order chi connectivity index (χ0) is 14.7. The van der Waals surface area contributed by atoms with Crippen LogP contribution < -0.4 is 5.73 Å². The van der Waals surface area contributed by atoms with Crippen molar-refractivity contribution in [3.8, 4) is 0 Å². The number of hydrogen-bond acceptors (Lipinski definition) is 2. The molecule has 1 aliphatic heterocycles. The van der Waals surface area contributed by atoms with Gasteiger partial charge in [-0.2, -0.15) is 0 Å². The Balaban J connectivity index is 0.00000176. The van der Waals surface area contributed by atoms with E-state index in [4.69, 9.17) is 17.3 Å². The van der Waals surface area contributed by atoms with E-state index in [0.29, 0.717) is 11.8 Å². The van der Waals surface area contributed by atoms with Crippen LogP contribution in [0.5, 0.6) is 0 Å². The van der Waals surface area contributed by atoms with Crippen molar-refractivity contribution >= 4 is 24.0 Å². The summed E-state index contributed by atoms with van der Waals surface area (Å²) in [6, 6.07) is 18.8. The normalized spacial score (nSPS) is 21.5. The molecule has 1 heterocycles. The van der Waals surface area contributed by atoms with Crippen LogP contribution in [0.15, 0.2) is 54.6 Å². The number of nitrogens with zero attached hydrogens (tertiary/aromatic N) is 1. The van der Waals surface area contributed by atoms with Gasteiger partial charge in [0.15, 0.2) is 0 Å². The van der Waals surface area contributed by atoms with E-state index in [-0.39, 0.29) is 12.4 Å². The van der Waals surface area contributed by atoms with Crippen LogP contribution >= 0.6 is 24.0 Å². The molecule has 2 nitrogen and oxygen atoms in total. The minimum absolute atomic E-state index is 0. The van der Waals surface area contributed by atoms with Crippen LogP contribution in [0.4, 0.5) is 0 Å². The average Bonchev–Trinajstić information content (AvgIpc) is 2.93. The zero-order valence-electron chi connectivity index (χ0n) is 12.5. The van der Waals surface area contributed by atoms with Crippen LogP contribution in [0.2, 0.25) is 5.02 Å². The molecular weight excluding hydrogens is 315 g/mol. The van der Waals surface area contributed by atoms with Crippen LogP contribution in [0.1, 0.15) is 17.0 Å². The predicted octanol–water partition coefficient (Wildman–Crippen LogP) is 3.94. The number of rotatable bonds is 4. The maximum Gasteiger partial charge on any atom is 0.0451 e. The Morgan fingerprint density at radius 3 is 2.36 bits per heavy atom. The monoisotopic (exact) mass is 336 g/mol. The summed E-state index contributed by atoms with van der Waals surface area (Å²) in [6.07, 6.45) is 0. The van der Waals surface area contributed by atoms with Crippen LogP contribution in [0.3, 0.4) is 0 Å². The lowest BCUT2D eigenvalue weighted by molar-refractivity contribution is 0.317. The number of hydrogen-bond donors (Lipinski definition) is 1. The second-order valence-corrected chi connectivity index (χ2v) is 6.21. The van der Waals surface area contributed by atoms with E-state index in [0.717, 1.165) is 31.2 Å². The zero-order valence-corrected chi connectivity index (χ0v) is 14.1. The highest BCUT2D eigenvalue weighted by Gasteiger charge is 2.32. The smallest absolute Gasteiger partial charge is 0.0451 e. The van der Waals surface area contributed by atoms with Gasteiger partial charge < -0.3 is 5.73 Å². The minimum Gasteiger partial charge on any atom is -0.330 e. The Hall–Kier alpha value is -1.06. The van der Waals surface area contributed by atoms with E-state index < -0.39 is 0 Å². The van der Waals surface area contributed by atoms with Crippen molar-refractivity contribution in [2.75, 3.05) is 19.6 Å². The first-order valence-corrected chi connectivity index (χ1v) is 7.86. The van der Waals surface area contributed by atoms with Gasteiger partial charge in [0.1, 0.15) is 0 Å². The average molecular weight is 337 g/mol. The van der Waals surface area contributed by atoms with Crippen molar-refractivity contribution in [2.45, 2.75) is 12.5 Å². The van der Waals surface area contributed by atoms with E-state index in [9.17, 15) is 0 Å². The predicted molar refractivity (Wildman–Crippen MR) is 95.7 cm³/mol. The first-order chi connectivity index (χ1) is 10.3. The van der Waals surface area contributed by atoms with Gasteiger partial charge in [0, 0.05) is 30.6 Å². The molecule has 118 valence electrons. The van der Waals surface area contributed by atoms with Crippen LogP contribution in [0, 0.1) is 5.92 Å². The maximum absolute atomic E-state index is 6.27. The molecule has 2 aromatic carbocycles. The number of likely N-dealkylation sites (tertiary alicyclic amines) is 1. The first-order valence-electron chi connectivity index (χ1n) is 7.48. The van der Waals surface area contributed by atoms with E-state index in [1.165, 1.54) is 11.1 Å². The van der Waals surface area contributed by atoms with Crippen LogP contribution in [0.25, 0.3) is 0 Å². The van der Waals surface area contributed by atoms with E-state index >= 15 is 0 Å². The molecule has 2 aromatic rings. The second-order valence-electron chi connectivity index (χ2n) is 5.80. The topological polar surface area (TPSA) is 29.3 Å². The van der Waals surface area contributed by atoms with Gasteiger partial charge in [-0.15, -0.1) is 12.4 Å². The number of nitrogens with two attached hydrogens (primary N) is 1. The van der Waals surface area contributed by atoms with Gasteiger partial charge in [0.2, 0.25) is 0 Å². The largest absolute Gasteiger partial charge is 0.330 e. The Morgan fingerprint density at radius 1 is 1.00 bits per heavy atom. The molecule has 2 N–H and O–H groups in total. The number of benzene rings is 2. The lowest BCUT2D eigenvalue weighted by Gasteiger charge is -2.17. The highest BCUT2D eigenvalue weighted by Crippen LogP contribution is 2.33. The van der Waals surface area contributed by atoms with Gasteiger partial charge in [0.05, 0.1) is 0 Å². The molecule has 0 saturated carbocycles. The van der Waals surface area contributed by atoms with Crippen molar-refractivity contribution in [3.05, 3.63) is 70.7 Å². The van der Waals surface area contributed by atoms with Gasteiger partial charge in [-0.05, 0) is 29.7 Å². The quantitative estimate of drug-likeness (QED) is 0.916. The summed E-state index contributed by atoms with van der Waals surface area (Å²) in [5.74, 6) is 1.05. The molecule has 2 atom stereocenters. The summed E-state index contributed by atoms with van der Waals surface area (Å²) in [6.45, 7) is 3.73. The van der Waals surface area contributed by atoms with Crippen molar-refractivity contribution < 1.29 is 0 Å². The summed E-state index contributed by atoms with van der Waals surface area (Å²) in [7, 11) is 0. The fourth-order valence-electron chi connectivity index (χ4n) is 3.27. The third-order valence-corrected chi connectivity index (χ3v) is 4.77. The highest BCUT2D eigenvalue weighted by atomic mass is 35.5.